The molecule has 0 bridgehead atoms. The number of benzene rings is 2. The Morgan fingerprint density at radius 1 is 1.27 bits per heavy atom. The minimum Gasteiger partial charge on any atom is -0.507 e. The zero-order chi connectivity index (χ0) is 21.3. The monoisotopic (exact) mass is 411 g/mol. The molecule has 0 saturated heterocycles. The molecule has 0 aromatic heterocycles. The number of carbonyl (C=O) groups excluding carboxylic acids is 2. The summed E-state index contributed by atoms with van der Waals surface area (Å²) in [5.74, 6) is 0.0897. The first kappa shape index (κ1) is 19.6. The number of anilines is 2. The normalized spacial score (nSPS) is 15.7. The van der Waals surface area contributed by atoms with E-state index in [9.17, 15) is 14.7 Å². The smallest absolute Gasteiger partial charge is 0.333 e. The van der Waals surface area contributed by atoms with Crippen molar-refractivity contribution >= 4 is 29.0 Å². The third-order valence-electron chi connectivity index (χ3n) is 4.69. The van der Waals surface area contributed by atoms with Crippen LogP contribution in [0.25, 0.3) is 0 Å². The Labute approximate surface area is 172 Å². The average molecular weight is 411 g/mol. The van der Waals surface area contributed by atoms with E-state index in [0.717, 1.165) is 5.71 Å². The van der Waals surface area contributed by atoms with E-state index >= 15 is 0 Å². The third kappa shape index (κ3) is 3.73. The van der Waals surface area contributed by atoms with E-state index in [1.807, 2.05) is 0 Å². The summed E-state index contributed by atoms with van der Waals surface area (Å²) in [7, 11) is 0. The molecule has 0 fully saturated rings. The van der Waals surface area contributed by atoms with Crippen molar-refractivity contribution in [2.45, 2.75) is 26.3 Å². The van der Waals surface area contributed by atoms with E-state index < -0.39 is 12.0 Å². The van der Waals surface area contributed by atoms with Crippen LogP contribution in [0.1, 0.15) is 31.9 Å². The van der Waals surface area contributed by atoms with Gasteiger partial charge in [0.1, 0.15) is 5.75 Å². The van der Waals surface area contributed by atoms with Gasteiger partial charge >= 0.3 is 5.97 Å². The minimum atomic E-state index is -0.973. The van der Waals surface area contributed by atoms with Crippen LogP contribution in [0, 0.1) is 0 Å². The Balaban J connectivity index is 1.60. The second-order valence-electron chi connectivity index (χ2n) is 6.86. The summed E-state index contributed by atoms with van der Waals surface area (Å²) in [6, 6.07) is 8.90. The molecule has 2 N–H and O–H groups in total. The van der Waals surface area contributed by atoms with E-state index in [1.54, 1.807) is 44.2 Å². The van der Waals surface area contributed by atoms with Crippen LogP contribution in [0.3, 0.4) is 0 Å². The number of hydrogen-bond acceptors (Lipinski definition) is 8. The molecule has 2 aliphatic rings. The van der Waals surface area contributed by atoms with Gasteiger partial charge in [0.15, 0.2) is 17.5 Å². The Bertz CT molecular complexity index is 1020. The first-order valence-electron chi connectivity index (χ1n) is 9.49. The van der Waals surface area contributed by atoms with E-state index in [4.69, 9.17) is 14.2 Å². The summed E-state index contributed by atoms with van der Waals surface area (Å²) in [5, 5.41) is 19.1. The number of rotatable bonds is 6. The maximum Gasteiger partial charge on any atom is 0.333 e. The molecule has 0 saturated carbocycles. The molecule has 30 heavy (non-hydrogen) atoms. The van der Waals surface area contributed by atoms with Crippen molar-refractivity contribution < 1.29 is 28.9 Å². The van der Waals surface area contributed by atoms with Gasteiger partial charge in [-0.05, 0) is 44.2 Å². The van der Waals surface area contributed by atoms with Gasteiger partial charge in [0.2, 0.25) is 6.79 Å². The van der Waals surface area contributed by atoms with Crippen molar-refractivity contribution in [2.24, 2.45) is 5.10 Å². The van der Waals surface area contributed by atoms with E-state index in [-0.39, 0.29) is 25.1 Å². The summed E-state index contributed by atoms with van der Waals surface area (Å²) < 4.78 is 15.8. The number of aromatic hydroxyl groups is 1. The van der Waals surface area contributed by atoms with Gasteiger partial charge in [0.05, 0.1) is 18.7 Å². The van der Waals surface area contributed by atoms with Gasteiger partial charge < -0.3 is 24.6 Å². The highest BCUT2D eigenvalue weighted by atomic mass is 16.7. The van der Waals surface area contributed by atoms with Crippen molar-refractivity contribution in [3.63, 3.8) is 0 Å². The molecule has 0 aliphatic carbocycles. The molecular weight excluding hydrogens is 390 g/mol. The zero-order valence-corrected chi connectivity index (χ0v) is 16.5. The SMILES string of the molecule is CCOC(=O)C(Nc1ccc(N2N=C(C)CC2=O)cc1)c1cc2c(cc1O)OCO2. The van der Waals surface area contributed by atoms with Crippen molar-refractivity contribution in [2.75, 3.05) is 23.7 Å². The summed E-state index contributed by atoms with van der Waals surface area (Å²) in [6.07, 6.45) is 0.300. The average Bonchev–Trinajstić information content (AvgIpc) is 3.31. The Kier molecular flexibility index (Phi) is 5.18. The summed E-state index contributed by atoms with van der Waals surface area (Å²) in [4.78, 5) is 24.6. The number of amides is 1. The molecule has 156 valence electrons. The largest absolute Gasteiger partial charge is 0.507 e. The molecule has 2 aromatic rings. The molecule has 1 amide bonds. The lowest BCUT2D eigenvalue weighted by molar-refractivity contribution is -0.144. The third-order valence-corrected chi connectivity index (χ3v) is 4.69. The van der Waals surface area contributed by atoms with Gasteiger partial charge in [-0.3, -0.25) is 4.79 Å². The van der Waals surface area contributed by atoms with Gasteiger partial charge in [-0.1, -0.05) is 0 Å². The fourth-order valence-corrected chi connectivity index (χ4v) is 3.29. The number of esters is 1. The van der Waals surface area contributed by atoms with Crippen LogP contribution < -0.4 is 19.8 Å². The van der Waals surface area contributed by atoms with Crippen LogP contribution in [0.4, 0.5) is 11.4 Å². The van der Waals surface area contributed by atoms with E-state index in [2.05, 4.69) is 10.4 Å². The molecule has 2 aromatic carbocycles. The van der Waals surface area contributed by atoms with Crippen molar-refractivity contribution in [1.82, 2.24) is 0 Å². The van der Waals surface area contributed by atoms with Crippen molar-refractivity contribution in [3.8, 4) is 17.2 Å². The molecule has 2 heterocycles. The van der Waals surface area contributed by atoms with Crippen LogP contribution in [-0.2, 0) is 14.3 Å². The molecule has 1 unspecified atom stereocenters. The van der Waals surface area contributed by atoms with E-state index in [1.165, 1.54) is 11.1 Å². The number of ether oxygens (including phenoxy) is 3. The topological polar surface area (TPSA) is 110 Å². The first-order valence-corrected chi connectivity index (χ1v) is 9.49. The Morgan fingerprint density at radius 2 is 1.97 bits per heavy atom. The van der Waals surface area contributed by atoms with Crippen LogP contribution in [-0.4, -0.2) is 36.1 Å². The molecule has 0 radical (unpaired) electrons. The summed E-state index contributed by atoms with van der Waals surface area (Å²) in [5.41, 5.74) is 2.28. The highest BCUT2D eigenvalue weighted by Crippen LogP contribution is 2.41. The van der Waals surface area contributed by atoms with Crippen molar-refractivity contribution in [1.29, 1.82) is 0 Å². The maximum absolute atomic E-state index is 12.6. The summed E-state index contributed by atoms with van der Waals surface area (Å²) >= 11 is 0. The van der Waals surface area contributed by atoms with Crippen LogP contribution >= 0.6 is 0 Å². The lowest BCUT2D eigenvalue weighted by Gasteiger charge is -2.20. The number of nitrogens with one attached hydrogen (secondary N) is 1. The lowest BCUT2D eigenvalue weighted by Crippen LogP contribution is -2.24. The molecule has 1 atom stereocenters. The number of nitrogens with zero attached hydrogens (tertiary/aromatic N) is 2. The van der Waals surface area contributed by atoms with Gasteiger partial charge in [0.25, 0.3) is 5.91 Å². The molecule has 2 aliphatic heterocycles. The lowest BCUT2D eigenvalue weighted by atomic mass is 10.0. The van der Waals surface area contributed by atoms with Crippen molar-refractivity contribution in [3.05, 3.63) is 42.0 Å². The number of phenolic OH excluding ortho intramolecular Hbond substituents is 1. The molecule has 9 heteroatoms. The highest BCUT2D eigenvalue weighted by molar-refractivity contribution is 6.12. The molecule has 4 rings (SSSR count). The maximum atomic E-state index is 12.6. The molecule has 0 spiro atoms. The predicted octanol–water partition coefficient (Wildman–Crippen LogP) is 2.95. The Hall–Kier alpha value is -3.75. The van der Waals surface area contributed by atoms with E-state index in [0.29, 0.717) is 34.9 Å². The standard InChI is InChI=1S/C21H21N3O6/c1-3-28-21(27)20(15-9-17-18(10-16(15)25)30-11-29-17)22-13-4-6-14(7-5-13)24-19(26)8-12(2)23-24/h4-7,9-10,20,22,25H,3,8,11H2,1-2H3. The second kappa shape index (κ2) is 7.94. The predicted molar refractivity (Wildman–Crippen MR) is 109 cm³/mol. The van der Waals surface area contributed by atoms with Gasteiger partial charge in [0, 0.05) is 23.0 Å². The Morgan fingerprint density at radius 3 is 2.60 bits per heavy atom. The number of hydrazone groups is 1. The number of carbonyl (C=O) groups is 2. The van der Waals surface area contributed by atoms with Crippen LogP contribution in [0.5, 0.6) is 17.2 Å². The van der Waals surface area contributed by atoms with Gasteiger partial charge in [-0.2, -0.15) is 5.10 Å². The van der Waals surface area contributed by atoms with Gasteiger partial charge in [-0.15, -0.1) is 0 Å². The fourth-order valence-electron chi connectivity index (χ4n) is 3.29. The molecular formula is C21H21N3O6. The minimum absolute atomic E-state index is 0.0500. The second-order valence-corrected chi connectivity index (χ2v) is 6.86. The highest BCUT2D eigenvalue weighted by Gasteiger charge is 2.29. The zero-order valence-electron chi connectivity index (χ0n) is 16.5. The molecule has 9 nitrogen and oxygen atoms in total. The first-order chi connectivity index (χ1) is 14.5. The number of fused-ring (bicyclic) bond motifs is 1. The number of hydrogen-bond donors (Lipinski definition) is 2. The van der Waals surface area contributed by atoms with Crippen LogP contribution in [0.2, 0.25) is 0 Å². The van der Waals surface area contributed by atoms with Gasteiger partial charge in [-0.25, -0.2) is 9.80 Å². The quantitative estimate of drug-likeness (QED) is 0.703. The van der Waals surface area contributed by atoms with Crippen LogP contribution in [0.15, 0.2) is 41.5 Å². The number of phenols is 1. The fraction of sp³-hybridized carbons (Fsp3) is 0.286. The summed E-state index contributed by atoms with van der Waals surface area (Å²) in [6.45, 7) is 3.75.